The normalized spacial score (nSPS) is 23.6. The highest BCUT2D eigenvalue weighted by Gasteiger charge is 2.23. The minimum atomic E-state index is 0.00957. The van der Waals surface area contributed by atoms with Crippen LogP contribution in [0.5, 0.6) is 0 Å². The zero-order valence-corrected chi connectivity index (χ0v) is 10.4. The largest absolute Gasteiger partial charge is 0.396 e. The van der Waals surface area contributed by atoms with Gasteiger partial charge in [-0.05, 0) is 25.9 Å². The van der Waals surface area contributed by atoms with Crippen LogP contribution < -0.4 is 5.32 Å². The first-order chi connectivity index (χ1) is 7.09. The fourth-order valence-electron chi connectivity index (χ4n) is 2.18. The molecule has 0 radical (unpaired) electrons. The third-order valence-corrected chi connectivity index (χ3v) is 3.32. The van der Waals surface area contributed by atoms with Gasteiger partial charge in [-0.3, -0.25) is 4.90 Å². The van der Waals surface area contributed by atoms with Crippen molar-refractivity contribution in [1.29, 1.82) is 0 Å². The van der Waals surface area contributed by atoms with E-state index in [9.17, 15) is 0 Å². The predicted molar refractivity (Wildman–Crippen MR) is 64.0 cm³/mol. The van der Waals surface area contributed by atoms with Crippen LogP contribution in [0.4, 0.5) is 0 Å². The topological polar surface area (TPSA) is 35.5 Å². The van der Waals surface area contributed by atoms with Crippen molar-refractivity contribution in [2.75, 3.05) is 32.8 Å². The maximum atomic E-state index is 9.13. The Morgan fingerprint density at radius 1 is 1.47 bits per heavy atom. The average molecular weight is 214 g/mol. The number of hydrogen-bond donors (Lipinski definition) is 2. The molecule has 1 rings (SSSR count). The Balaban J connectivity index is 2.19. The van der Waals surface area contributed by atoms with Gasteiger partial charge in [0.2, 0.25) is 0 Å². The van der Waals surface area contributed by atoms with Crippen LogP contribution in [0.1, 0.15) is 33.6 Å². The lowest BCUT2D eigenvalue weighted by Gasteiger charge is -2.26. The molecule has 0 bridgehead atoms. The maximum absolute atomic E-state index is 9.13. The molecule has 1 aliphatic heterocycles. The maximum Gasteiger partial charge on any atom is 0.0494 e. The molecule has 0 aromatic heterocycles. The van der Waals surface area contributed by atoms with Crippen molar-refractivity contribution in [3.05, 3.63) is 0 Å². The van der Waals surface area contributed by atoms with E-state index in [1.165, 1.54) is 19.4 Å². The van der Waals surface area contributed by atoms with E-state index in [1.807, 2.05) is 0 Å². The second-order valence-corrected chi connectivity index (χ2v) is 5.38. The lowest BCUT2D eigenvalue weighted by atomic mass is 9.95. The number of nitrogens with one attached hydrogen (secondary N) is 1. The van der Waals surface area contributed by atoms with E-state index in [0.717, 1.165) is 19.6 Å². The van der Waals surface area contributed by atoms with Crippen LogP contribution in [0.2, 0.25) is 0 Å². The summed E-state index contributed by atoms with van der Waals surface area (Å²) in [5, 5.41) is 12.6. The van der Waals surface area contributed by atoms with E-state index < -0.39 is 0 Å². The standard InChI is InChI=1S/C12H26N2O/c1-4-14-7-5-6-11(14)8-13-9-12(2,3)10-15/h11,13,15H,4-10H2,1-3H3. The van der Waals surface area contributed by atoms with Gasteiger partial charge in [-0.1, -0.05) is 20.8 Å². The van der Waals surface area contributed by atoms with Gasteiger partial charge in [-0.25, -0.2) is 0 Å². The zero-order chi connectivity index (χ0) is 11.3. The van der Waals surface area contributed by atoms with E-state index in [2.05, 4.69) is 31.0 Å². The molecule has 0 aliphatic carbocycles. The second-order valence-electron chi connectivity index (χ2n) is 5.38. The third-order valence-electron chi connectivity index (χ3n) is 3.32. The summed E-state index contributed by atoms with van der Waals surface area (Å²) in [5.41, 5.74) is 0.00957. The number of hydrogen-bond acceptors (Lipinski definition) is 3. The van der Waals surface area contributed by atoms with E-state index in [0.29, 0.717) is 6.04 Å². The Bertz CT molecular complexity index is 182. The highest BCUT2D eigenvalue weighted by atomic mass is 16.3. The van der Waals surface area contributed by atoms with E-state index in [4.69, 9.17) is 5.11 Å². The van der Waals surface area contributed by atoms with Gasteiger partial charge in [0, 0.05) is 31.2 Å². The summed E-state index contributed by atoms with van der Waals surface area (Å²) in [5.74, 6) is 0. The molecule has 0 saturated carbocycles. The summed E-state index contributed by atoms with van der Waals surface area (Å²) in [6, 6.07) is 0.712. The Kier molecular flexibility index (Phi) is 5.03. The molecule has 1 atom stereocenters. The molecule has 0 spiro atoms. The SMILES string of the molecule is CCN1CCCC1CNCC(C)(C)CO. The van der Waals surface area contributed by atoms with Crippen LogP contribution in [0.25, 0.3) is 0 Å². The quantitative estimate of drug-likeness (QED) is 0.694. The minimum Gasteiger partial charge on any atom is -0.396 e. The van der Waals surface area contributed by atoms with Gasteiger partial charge in [0.15, 0.2) is 0 Å². The molecule has 90 valence electrons. The van der Waals surface area contributed by atoms with Crippen molar-refractivity contribution in [2.24, 2.45) is 5.41 Å². The van der Waals surface area contributed by atoms with Crippen molar-refractivity contribution >= 4 is 0 Å². The summed E-state index contributed by atoms with van der Waals surface area (Å²) in [6.45, 7) is 11.0. The Morgan fingerprint density at radius 3 is 2.80 bits per heavy atom. The van der Waals surface area contributed by atoms with Crippen LogP contribution in [-0.2, 0) is 0 Å². The summed E-state index contributed by atoms with van der Waals surface area (Å²) < 4.78 is 0. The van der Waals surface area contributed by atoms with Crippen LogP contribution in [0.3, 0.4) is 0 Å². The summed E-state index contributed by atoms with van der Waals surface area (Å²) >= 11 is 0. The van der Waals surface area contributed by atoms with Gasteiger partial charge >= 0.3 is 0 Å². The van der Waals surface area contributed by atoms with Gasteiger partial charge in [-0.2, -0.15) is 0 Å². The number of aliphatic hydroxyl groups excluding tert-OH is 1. The average Bonchev–Trinajstić information content (AvgIpc) is 2.65. The van der Waals surface area contributed by atoms with E-state index in [-0.39, 0.29) is 12.0 Å². The highest BCUT2D eigenvalue weighted by Crippen LogP contribution is 2.16. The number of likely N-dealkylation sites (N-methyl/N-ethyl adjacent to an activating group) is 1. The van der Waals surface area contributed by atoms with Crippen LogP contribution >= 0.6 is 0 Å². The second kappa shape index (κ2) is 5.83. The van der Waals surface area contributed by atoms with E-state index >= 15 is 0 Å². The molecule has 1 saturated heterocycles. The zero-order valence-electron chi connectivity index (χ0n) is 10.4. The van der Waals surface area contributed by atoms with Gasteiger partial charge in [0.05, 0.1) is 0 Å². The molecular weight excluding hydrogens is 188 g/mol. The first kappa shape index (κ1) is 12.9. The Hall–Kier alpha value is -0.120. The van der Waals surface area contributed by atoms with Gasteiger partial charge in [-0.15, -0.1) is 0 Å². The molecule has 15 heavy (non-hydrogen) atoms. The van der Waals surface area contributed by atoms with Crippen molar-refractivity contribution in [2.45, 2.75) is 39.7 Å². The van der Waals surface area contributed by atoms with Crippen molar-refractivity contribution < 1.29 is 5.11 Å². The first-order valence-electron chi connectivity index (χ1n) is 6.14. The summed E-state index contributed by atoms with van der Waals surface area (Å²) in [4.78, 5) is 2.54. The molecule has 0 aromatic rings. The van der Waals surface area contributed by atoms with Crippen LogP contribution in [0, 0.1) is 5.41 Å². The summed E-state index contributed by atoms with van der Waals surface area (Å²) in [7, 11) is 0. The smallest absolute Gasteiger partial charge is 0.0494 e. The van der Waals surface area contributed by atoms with Crippen molar-refractivity contribution in [3.8, 4) is 0 Å². The summed E-state index contributed by atoms with van der Waals surface area (Å²) in [6.07, 6.45) is 2.66. The fraction of sp³-hybridized carbons (Fsp3) is 1.00. The molecule has 3 heteroatoms. The first-order valence-corrected chi connectivity index (χ1v) is 6.14. The van der Waals surface area contributed by atoms with Crippen LogP contribution in [-0.4, -0.2) is 48.8 Å². The molecule has 1 unspecified atom stereocenters. The molecule has 1 aliphatic rings. The lowest BCUT2D eigenvalue weighted by Crippen LogP contribution is -2.41. The molecule has 1 fully saturated rings. The number of likely N-dealkylation sites (tertiary alicyclic amines) is 1. The van der Waals surface area contributed by atoms with Gasteiger partial charge in [0.1, 0.15) is 0 Å². The Labute approximate surface area is 93.9 Å². The highest BCUT2D eigenvalue weighted by molar-refractivity contribution is 4.81. The van der Waals surface area contributed by atoms with Gasteiger partial charge in [0.25, 0.3) is 0 Å². The third kappa shape index (κ3) is 4.09. The minimum absolute atomic E-state index is 0.00957. The molecule has 0 amide bonds. The molecular formula is C12H26N2O. The molecule has 2 N–H and O–H groups in total. The molecule has 1 heterocycles. The van der Waals surface area contributed by atoms with Crippen molar-refractivity contribution in [3.63, 3.8) is 0 Å². The van der Waals surface area contributed by atoms with Crippen molar-refractivity contribution in [1.82, 2.24) is 10.2 Å². The molecule has 3 nitrogen and oxygen atoms in total. The monoisotopic (exact) mass is 214 g/mol. The van der Waals surface area contributed by atoms with Gasteiger partial charge < -0.3 is 10.4 Å². The fourth-order valence-corrected chi connectivity index (χ4v) is 2.18. The number of rotatable bonds is 6. The number of aliphatic hydroxyl groups is 1. The van der Waals surface area contributed by atoms with E-state index in [1.54, 1.807) is 0 Å². The Morgan fingerprint density at radius 2 is 2.20 bits per heavy atom. The van der Waals surface area contributed by atoms with Crippen LogP contribution in [0.15, 0.2) is 0 Å². The number of nitrogens with zero attached hydrogens (tertiary/aromatic N) is 1. The lowest BCUT2D eigenvalue weighted by molar-refractivity contribution is 0.152. The molecule has 0 aromatic carbocycles. The predicted octanol–water partition coefficient (Wildman–Crippen LogP) is 1.08.